The Hall–Kier alpha value is -1.99. The molecule has 2 aromatic rings. The lowest BCUT2D eigenvalue weighted by Gasteiger charge is -2.16. The fourth-order valence-electron chi connectivity index (χ4n) is 2.76. The van der Waals surface area contributed by atoms with E-state index in [1.54, 1.807) is 10.9 Å². The van der Waals surface area contributed by atoms with Crippen LogP contribution in [0.25, 0.3) is 0 Å². The highest BCUT2D eigenvalue weighted by Gasteiger charge is 2.42. The zero-order valence-electron chi connectivity index (χ0n) is 13.8. The summed E-state index contributed by atoms with van der Waals surface area (Å²) < 4.78 is 28.1. The van der Waals surface area contributed by atoms with Gasteiger partial charge in [-0.1, -0.05) is 30.3 Å². The standard InChI is InChI=1S/C17H20F2N4O.ClH/c1-12(22-16(24)15-7-17(18,19)11-20-15)14-8-21-23(10-14)9-13-5-3-2-4-6-13;/h2-6,8,10,12,15,20H,7,9,11H2,1H3,(H,22,24);1H. The molecule has 0 aliphatic carbocycles. The maximum atomic E-state index is 13.2. The normalized spacial score (nSPS) is 19.9. The first-order chi connectivity index (χ1) is 11.4. The molecule has 1 fully saturated rings. The summed E-state index contributed by atoms with van der Waals surface area (Å²) in [5.74, 6) is -3.22. The summed E-state index contributed by atoms with van der Waals surface area (Å²) in [7, 11) is 0. The van der Waals surface area contributed by atoms with Gasteiger partial charge in [0.25, 0.3) is 5.92 Å². The van der Waals surface area contributed by atoms with Crippen LogP contribution in [-0.2, 0) is 11.3 Å². The number of carbonyl (C=O) groups excluding carboxylic acids is 1. The van der Waals surface area contributed by atoms with E-state index in [1.807, 2.05) is 43.5 Å². The van der Waals surface area contributed by atoms with E-state index in [1.165, 1.54) is 0 Å². The number of benzene rings is 1. The van der Waals surface area contributed by atoms with Gasteiger partial charge in [0.05, 0.1) is 31.4 Å². The molecule has 0 saturated carbocycles. The van der Waals surface area contributed by atoms with Crippen molar-refractivity contribution < 1.29 is 13.6 Å². The number of rotatable bonds is 5. The van der Waals surface area contributed by atoms with Gasteiger partial charge in [-0.15, -0.1) is 12.4 Å². The number of nitrogens with zero attached hydrogens (tertiary/aromatic N) is 2. The van der Waals surface area contributed by atoms with Gasteiger partial charge in [0, 0.05) is 18.2 Å². The lowest BCUT2D eigenvalue weighted by atomic mass is 10.1. The summed E-state index contributed by atoms with van der Waals surface area (Å²) in [4.78, 5) is 12.1. The molecular weight excluding hydrogens is 350 g/mol. The molecule has 25 heavy (non-hydrogen) atoms. The van der Waals surface area contributed by atoms with E-state index in [9.17, 15) is 13.6 Å². The van der Waals surface area contributed by atoms with E-state index in [2.05, 4.69) is 15.7 Å². The second-order valence-corrected chi connectivity index (χ2v) is 6.18. The number of hydrogen-bond donors (Lipinski definition) is 2. The van der Waals surface area contributed by atoms with Crippen LogP contribution in [0.1, 0.15) is 30.5 Å². The number of amides is 1. The molecule has 1 aromatic heterocycles. The van der Waals surface area contributed by atoms with Crippen LogP contribution in [0.5, 0.6) is 0 Å². The molecule has 1 aliphatic heterocycles. The number of hydrogen-bond acceptors (Lipinski definition) is 3. The van der Waals surface area contributed by atoms with Gasteiger partial charge in [0.2, 0.25) is 5.91 Å². The predicted molar refractivity (Wildman–Crippen MR) is 92.9 cm³/mol. The number of nitrogens with one attached hydrogen (secondary N) is 2. The van der Waals surface area contributed by atoms with Crippen LogP contribution in [0.3, 0.4) is 0 Å². The fraction of sp³-hybridized carbons (Fsp3) is 0.412. The van der Waals surface area contributed by atoms with E-state index in [-0.39, 0.29) is 18.4 Å². The first-order valence-electron chi connectivity index (χ1n) is 7.91. The Morgan fingerprint density at radius 1 is 1.44 bits per heavy atom. The maximum Gasteiger partial charge on any atom is 0.262 e. The van der Waals surface area contributed by atoms with E-state index in [0.29, 0.717) is 6.54 Å². The van der Waals surface area contributed by atoms with Gasteiger partial charge in [-0.3, -0.25) is 14.8 Å². The molecule has 2 atom stereocenters. The second kappa shape index (κ2) is 7.93. The van der Waals surface area contributed by atoms with Crippen LogP contribution in [-0.4, -0.2) is 34.2 Å². The van der Waals surface area contributed by atoms with Crippen molar-refractivity contribution in [3.63, 3.8) is 0 Å². The Balaban J connectivity index is 0.00000225. The highest BCUT2D eigenvalue weighted by molar-refractivity contribution is 5.85. The van der Waals surface area contributed by atoms with Gasteiger partial charge in [0.1, 0.15) is 0 Å². The highest BCUT2D eigenvalue weighted by Crippen LogP contribution is 2.25. The van der Waals surface area contributed by atoms with Gasteiger partial charge < -0.3 is 5.32 Å². The highest BCUT2D eigenvalue weighted by atomic mass is 35.5. The van der Waals surface area contributed by atoms with Crippen molar-refractivity contribution in [1.82, 2.24) is 20.4 Å². The van der Waals surface area contributed by atoms with Gasteiger partial charge >= 0.3 is 0 Å². The lowest BCUT2D eigenvalue weighted by Crippen LogP contribution is -2.41. The molecule has 1 saturated heterocycles. The number of alkyl halides is 2. The van der Waals surface area contributed by atoms with E-state index >= 15 is 0 Å². The van der Waals surface area contributed by atoms with Crippen LogP contribution < -0.4 is 10.6 Å². The lowest BCUT2D eigenvalue weighted by molar-refractivity contribution is -0.124. The molecule has 5 nitrogen and oxygen atoms in total. The smallest absolute Gasteiger partial charge is 0.262 e. The Kier molecular flexibility index (Phi) is 6.13. The third-order valence-electron chi connectivity index (χ3n) is 4.13. The minimum atomic E-state index is -2.81. The average molecular weight is 371 g/mol. The Morgan fingerprint density at radius 2 is 2.16 bits per heavy atom. The summed E-state index contributed by atoms with van der Waals surface area (Å²) in [6.07, 6.45) is 3.08. The van der Waals surface area contributed by atoms with Crippen molar-refractivity contribution in [2.75, 3.05) is 6.54 Å². The van der Waals surface area contributed by atoms with Crippen LogP contribution in [0.2, 0.25) is 0 Å². The molecule has 1 amide bonds. The quantitative estimate of drug-likeness (QED) is 0.850. The summed E-state index contributed by atoms with van der Waals surface area (Å²) in [6, 6.07) is 8.77. The van der Waals surface area contributed by atoms with Crippen LogP contribution in [0, 0.1) is 0 Å². The molecule has 2 unspecified atom stereocenters. The molecule has 0 bridgehead atoms. The molecule has 2 heterocycles. The molecule has 2 N–H and O–H groups in total. The largest absolute Gasteiger partial charge is 0.348 e. The number of aromatic nitrogens is 2. The molecule has 136 valence electrons. The van der Waals surface area contributed by atoms with Crippen LogP contribution in [0.15, 0.2) is 42.7 Å². The predicted octanol–water partition coefficient (Wildman–Crippen LogP) is 2.53. The number of halogens is 3. The summed E-state index contributed by atoms with van der Waals surface area (Å²) in [6.45, 7) is 2.00. The van der Waals surface area contributed by atoms with Crippen molar-refractivity contribution in [1.29, 1.82) is 0 Å². The van der Waals surface area contributed by atoms with E-state index < -0.39 is 30.8 Å². The minimum Gasteiger partial charge on any atom is -0.348 e. The van der Waals surface area contributed by atoms with E-state index in [4.69, 9.17) is 0 Å². The molecule has 3 rings (SSSR count). The molecular formula is C17H21ClF2N4O. The van der Waals surface area contributed by atoms with Crippen LogP contribution in [0.4, 0.5) is 8.78 Å². The molecule has 0 spiro atoms. The zero-order valence-corrected chi connectivity index (χ0v) is 14.6. The third-order valence-corrected chi connectivity index (χ3v) is 4.13. The van der Waals surface area contributed by atoms with Crippen molar-refractivity contribution in [3.8, 4) is 0 Å². The molecule has 1 aliphatic rings. The zero-order chi connectivity index (χ0) is 17.2. The van der Waals surface area contributed by atoms with Crippen molar-refractivity contribution in [2.24, 2.45) is 0 Å². The molecule has 0 radical (unpaired) electrons. The first-order valence-corrected chi connectivity index (χ1v) is 7.91. The van der Waals surface area contributed by atoms with Gasteiger partial charge in [-0.05, 0) is 12.5 Å². The molecule has 1 aromatic carbocycles. The first kappa shape index (κ1) is 19.3. The fourth-order valence-corrected chi connectivity index (χ4v) is 2.76. The Morgan fingerprint density at radius 3 is 2.80 bits per heavy atom. The van der Waals surface area contributed by atoms with Gasteiger partial charge in [-0.25, -0.2) is 8.78 Å². The second-order valence-electron chi connectivity index (χ2n) is 6.18. The Bertz CT molecular complexity index is 708. The minimum absolute atomic E-state index is 0. The summed E-state index contributed by atoms with van der Waals surface area (Å²) in [5.41, 5.74) is 1.96. The summed E-state index contributed by atoms with van der Waals surface area (Å²) >= 11 is 0. The van der Waals surface area contributed by atoms with E-state index in [0.717, 1.165) is 11.1 Å². The maximum absolute atomic E-state index is 13.2. The summed E-state index contributed by atoms with van der Waals surface area (Å²) in [5, 5.41) is 9.61. The SMILES string of the molecule is CC(NC(=O)C1CC(F)(F)CN1)c1cnn(Cc2ccccc2)c1.Cl. The average Bonchev–Trinajstić information content (AvgIpc) is 3.15. The van der Waals surface area contributed by atoms with Crippen molar-refractivity contribution in [2.45, 2.75) is 37.9 Å². The third kappa shape index (κ3) is 4.99. The monoisotopic (exact) mass is 370 g/mol. The molecule has 8 heteroatoms. The Labute approximate surface area is 151 Å². The van der Waals surface area contributed by atoms with Gasteiger partial charge in [-0.2, -0.15) is 5.10 Å². The van der Waals surface area contributed by atoms with Crippen LogP contribution >= 0.6 is 12.4 Å². The van der Waals surface area contributed by atoms with Gasteiger partial charge in [0.15, 0.2) is 0 Å². The van der Waals surface area contributed by atoms with Crippen molar-refractivity contribution >= 4 is 18.3 Å². The number of carbonyl (C=O) groups is 1. The topological polar surface area (TPSA) is 59.0 Å². The van der Waals surface area contributed by atoms with Crippen molar-refractivity contribution in [3.05, 3.63) is 53.9 Å².